The molecule has 0 spiro atoms. The highest BCUT2D eigenvalue weighted by Gasteiger charge is 2.17. The van der Waals surface area contributed by atoms with Crippen LogP contribution in [0.2, 0.25) is 0 Å². The predicted molar refractivity (Wildman–Crippen MR) is 94.5 cm³/mol. The molecule has 8 heteroatoms. The van der Waals surface area contributed by atoms with Crippen LogP contribution in [-0.4, -0.2) is 25.5 Å². The van der Waals surface area contributed by atoms with Gasteiger partial charge in [0.1, 0.15) is 11.3 Å². The molecule has 1 heterocycles. The van der Waals surface area contributed by atoms with Crippen LogP contribution in [0, 0.1) is 13.8 Å². The van der Waals surface area contributed by atoms with Gasteiger partial charge in [-0.1, -0.05) is 29.4 Å². The van der Waals surface area contributed by atoms with Crippen molar-refractivity contribution in [1.82, 2.24) is 15.2 Å². The van der Waals surface area contributed by atoms with Crippen molar-refractivity contribution in [2.45, 2.75) is 46.0 Å². The first kappa shape index (κ1) is 19.1. The summed E-state index contributed by atoms with van der Waals surface area (Å²) in [5, 5.41) is 6.57. The van der Waals surface area contributed by atoms with Crippen molar-refractivity contribution >= 4 is 15.9 Å². The Morgan fingerprint density at radius 2 is 1.76 bits per heavy atom. The summed E-state index contributed by atoms with van der Waals surface area (Å²) in [5.41, 5.74) is 2.56. The Labute approximate surface area is 147 Å². The minimum absolute atomic E-state index is 0.0725. The van der Waals surface area contributed by atoms with Gasteiger partial charge in [0.15, 0.2) is 0 Å². The number of carbonyl (C=O) groups excluding carboxylic acids is 1. The third kappa shape index (κ3) is 5.40. The standard InChI is InChI=1S/C17H23N3O4S/c1-11(2)20-25(22,23)10-15-7-5-14(6-8-15)9-18-17(21)16-12(3)19-24-13(16)4/h5-8,11,20H,9-10H2,1-4H3,(H,18,21). The quantitative estimate of drug-likeness (QED) is 0.782. The molecule has 2 N–H and O–H groups in total. The zero-order chi connectivity index (χ0) is 18.6. The molecule has 0 atom stereocenters. The molecule has 0 aliphatic rings. The van der Waals surface area contributed by atoms with Crippen LogP contribution in [0.1, 0.15) is 46.8 Å². The Morgan fingerprint density at radius 1 is 1.16 bits per heavy atom. The van der Waals surface area contributed by atoms with Crippen LogP contribution in [-0.2, 0) is 22.3 Å². The van der Waals surface area contributed by atoms with E-state index in [9.17, 15) is 13.2 Å². The molecule has 0 bridgehead atoms. The lowest BCUT2D eigenvalue weighted by molar-refractivity contribution is 0.0949. The normalized spacial score (nSPS) is 11.7. The number of benzene rings is 1. The van der Waals surface area contributed by atoms with Crippen molar-refractivity contribution in [3.05, 3.63) is 52.4 Å². The molecular formula is C17H23N3O4S. The van der Waals surface area contributed by atoms with E-state index < -0.39 is 10.0 Å². The lowest BCUT2D eigenvalue weighted by Crippen LogP contribution is -2.31. The molecule has 1 aromatic heterocycles. The molecule has 25 heavy (non-hydrogen) atoms. The van der Waals surface area contributed by atoms with E-state index in [4.69, 9.17) is 4.52 Å². The molecule has 0 radical (unpaired) electrons. The fraction of sp³-hybridized carbons (Fsp3) is 0.412. The average Bonchev–Trinajstić information content (AvgIpc) is 2.83. The number of aryl methyl sites for hydroxylation is 2. The minimum Gasteiger partial charge on any atom is -0.361 e. The highest BCUT2D eigenvalue weighted by Crippen LogP contribution is 2.13. The van der Waals surface area contributed by atoms with Gasteiger partial charge in [0.05, 0.1) is 11.4 Å². The number of carbonyl (C=O) groups is 1. The van der Waals surface area contributed by atoms with Crippen LogP contribution >= 0.6 is 0 Å². The van der Waals surface area contributed by atoms with Gasteiger partial charge in [-0.25, -0.2) is 13.1 Å². The minimum atomic E-state index is -3.35. The van der Waals surface area contributed by atoms with Crippen LogP contribution in [0.5, 0.6) is 0 Å². The third-order valence-corrected chi connectivity index (χ3v) is 5.05. The van der Waals surface area contributed by atoms with Crippen LogP contribution < -0.4 is 10.0 Å². The van der Waals surface area contributed by atoms with Gasteiger partial charge >= 0.3 is 0 Å². The Bertz CT molecular complexity index is 820. The first-order chi connectivity index (χ1) is 11.7. The molecular weight excluding hydrogens is 342 g/mol. The van der Waals surface area contributed by atoms with Gasteiger partial charge in [-0.2, -0.15) is 0 Å². The van der Waals surface area contributed by atoms with E-state index in [1.54, 1.807) is 52.0 Å². The lowest BCUT2D eigenvalue weighted by atomic mass is 10.1. The van der Waals surface area contributed by atoms with E-state index >= 15 is 0 Å². The van der Waals surface area contributed by atoms with Crippen molar-refractivity contribution < 1.29 is 17.7 Å². The summed E-state index contributed by atoms with van der Waals surface area (Å²) in [7, 11) is -3.35. The van der Waals surface area contributed by atoms with Crippen molar-refractivity contribution in [1.29, 1.82) is 0 Å². The summed E-state index contributed by atoms with van der Waals surface area (Å²) < 4.78 is 31.4. The Kier molecular flexibility index (Phi) is 5.97. The van der Waals surface area contributed by atoms with E-state index in [-0.39, 0.29) is 17.7 Å². The summed E-state index contributed by atoms with van der Waals surface area (Å²) in [4.78, 5) is 12.2. The number of hydrogen-bond acceptors (Lipinski definition) is 5. The maximum absolute atomic E-state index is 12.2. The van der Waals surface area contributed by atoms with Crippen LogP contribution in [0.25, 0.3) is 0 Å². The van der Waals surface area contributed by atoms with Gasteiger partial charge in [0.25, 0.3) is 5.91 Å². The molecule has 1 aromatic carbocycles. The van der Waals surface area contributed by atoms with E-state index in [0.717, 1.165) is 5.56 Å². The lowest BCUT2D eigenvalue weighted by Gasteiger charge is -2.10. The maximum atomic E-state index is 12.2. The van der Waals surface area contributed by atoms with Crippen molar-refractivity contribution in [3.63, 3.8) is 0 Å². The third-order valence-electron chi connectivity index (χ3n) is 3.51. The molecule has 0 fully saturated rings. The first-order valence-corrected chi connectivity index (χ1v) is 9.62. The monoisotopic (exact) mass is 365 g/mol. The van der Waals surface area contributed by atoms with E-state index in [1.165, 1.54) is 0 Å². The Balaban J connectivity index is 1.96. The zero-order valence-corrected chi connectivity index (χ0v) is 15.6. The molecule has 136 valence electrons. The van der Waals surface area contributed by atoms with Gasteiger partial charge in [-0.3, -0.25) is 4.79 Å². The molecule has 0 aliphatic heterocycles. The topological polar surface area (TPSA) is 101 Å². The summed E-state index contributed by atoms with van der Waals surface area (Å²) in [6.07, 6.45) is 0. The number of nitrogens with zero attached hydrogens (tertiary/aromatic N) is 1. The van der Waals surface area contributed by atoms with Gasteiger partial charge < -0.3 is 9.84 Å². The Hall–Kier alpha value is -2.19. The molecule has 0 aliphatic carbocycles. The fourth-order valence-corrected chi connectivity index (χ4v) is 3.88. The molecule has 0 unspecified atom stereocenters. The summed E-state index contributed by atoms with van der Waals surface area (Å²) in [6.45, 7) is 7.30. The number of nitrogens with one attached hydrogen (secondary N) is 2. The fourth-order valence-electron chi connectivity index (χ4n) is 2.45. The Morgan fingerprint density at radius 3 is 2.28 bits per heavy atom. The molecule has 0 saturated carbocycles. The summed E-state index contributed by atoms with van der Waals surface area (Å²) in [6, 6.07) is 6.96. The van der Waals surface area contributed by atoms with Gasteiger partial charge in [0.2, 0.25) is 10.0 Å². The van der Waals surface area contributed by atoms with Gasteiger partial charge in [-0.05, 0) is 38.8 Å². The van der Waals surface area contributed by atoms with Crippen LogP contribution in [0.4, 0.5) is 0 Å². The van der Waals surface area contributed by atoms with Crippen molar-refractivity contribution in [3.8, 4) is 0 Å². The number of sulfonamides is 1. The molecule has 2 aromatic rings. The molecule has 7 nitrogen and oxygen atoms in total. The van der Waals surface area contributed by atoms with Crippen molar-refractivity contribution in [2.24, 2.45) is 0 Å². The second-order valence-electron chi connectivity index (χ2n) is 6.23. The highest BCUT2D eigenvalue weighted by molar-refractivity contribution is 7.88. The number of rotatable bonds is 7. The van der Waals surface area contributed by atoms with E-state index in [0.29, 0.717) is 29.1 Å². The highest BCUT2D eigenvalue weighted by atomic mass is 32.2. The second kappa shape index (κ2) is 7.79. The van der Waals surface area contributed by atoms with E-state index in [2.05, 4.69) is 15.2 Å². The summed E-state index contributed by atoms with van der Waals surface area (Å²) in [5.74, 6) is 0.161. The smallest absolute Gasteiger partial charge is 0.257 e. The largest absolute Gasteiger partial charge is 0.361 e. The van der Waals surface area contributed by atoms with Crippen LogP contribution in [0.15, 0.2) is 28.8 Å². The first-order valence-electron chi connectivity index (χ1n) is 7.97. The second-order valence-corrected chi connectivity index (χ2v) is 7.98. The number of hydrogen-bond donors (Lipinski definition) is 2. The average molecular weight is 365 g/mol. The number of aromatic nitrogens is 1. The maximum Gasteiger partial charge on any atom is 0.257 e. The van der Waals surface area contributed by atoms with Gasteiger partial charge in [-0.15, -0.1) is 0 Å². The van der Waals surface area contributed by atoms with Crippen LogP contribution in [0.3, 0.4) is 0 Å². The van der Waals surface area contributed by atoms with E-state index in [1.807, 2.05) is 0 Å². The zero-order valence-electron chi connectivity index (χ0n) is 14.8. The predicted octanol–water partition coefficient (Wildman–Crippen LogP) is 2.05. The number of amides is 1. The molecule has 0 saturated heterocycles. The van der Waals surface area contributed by atoms with Crippen molar-refractivity contribution in [2.75, 3.05) is 0 Å². The molecule has 2 rings (SSSR count). The summed E-state index contributed by atoms with van der Waals surface area (Å²) >= 11 is 0. The SMILES string of the molecule is Cc1noc(C)c1C(=O)NCc1ccc(CS(=O)(=O)NC(C)C)cc1. The van der Waals surface area contributed by atoms with Gasteiger partial charge in [0, 0.05) is 12.6 Å². The molecule has 1 amide bonds.